The van der Waals surface area contributed by atoms with Crippen molar-refractivity contribution in [3.8, 4) is 5.75 Å². The number of esters is 1. The second kappa shape index (κ2) is 7.98. The third kappa shape index (κ3) is 4.32. The molecule has 0 saturated heterocycles. The van der Waals surface area contributed by atoms with E-state index in [0.717, 1.165) is 6.42 Å². The van der Waals surface area contributed by atoms with Gasteiger partial charge in [0.2, 0.25) is 0 Å². The minimum atomic E-state index is -0.499. The van der Waals surface area contributed by atoms with Crippen LogP contribution in [-0.4, -0.2) is 25.6 Å². The molecule has 5 nitrogen and oxygen atoms in total. The lowest BCUT2D eigenvalue weighted by Crippen LogP contribution is -2.15. The number of amides is 1. The van der Waals surface area contributed by atoms with E-state index in [9.17, 15) is 9.59 Å². The van der Waals surface area contributed by atoms with Gasteiger partial charge in [0.15, 0.2) is 0 Å². The number of hydrogen-bond acceptors (Lipinski definition) is 4. The van der Waals surface area contributed by atoms with Gasteiger partial charge in [0.1, 0.15) is 5.75 Å². The van der Waals surface area contributed by atoms with Gasteiger partial charge in [-0.3, -0.25) is 4.79 Å². The van der Waals surface area contributed by atoms with Crippen LogP contribution in [0.25, 0.3) is 0 Å². The Morgan fingerprint density at radius 3 is 2.61 bits per heavy atom. The summed E-state index contributed by atoms with van der Waals surface area (Å²) < 4.78 is 10.2. The van der Waals surface area contributed by atoms with Crippen molar-refractivity contribution in [2.45, 2.75) is 13.3 Å². The predicted octanol–water partition coefficient (Wildman–Crippen LogP) is 3.51. The first kappa shape index (κ1) is 16.5. The molecular formula is C18H19NO4. The number of benzene rings is 2. The first-order chi connectivity index (χ1) is 11.2. The van der Waals surface area contributed by atoms with Crippen LogP contribution in [0.3, 0.4) is 0 Å². The highest BCUT2D eigenvalue weighted by Gasteiger charge is 2.14. The van der Waals surface area contributed by atoms with Gasteiger partial charge in [-0.05, 0) is 36.8 Å². The minimum absolute atomic E-state index is 0.307. The van der Waals surface area contributed by atoms with Crippen molar-refractivity contribution in [2.75, 3.05) is 19.0 Å². The van der Waals surface area contributed by atoms with Crippen LogP contribution in [0.4, 0.5) is 5.69 Å². The molecule has 23 heavy (non-hydrogen) atoms. The summed E-state index contributed by atoms with van der Waals surface area (Å²) in [4.78, 5) is 24.1. The molecule has 0 radical (unpaired) electrons. The molecule has 0 atom stereocenters. The molecule has 1 N–H and O–H groups in total. The van der Waals surface area contributed by atoms with Crippen molar-refractivity contribution in [2.24, 2.45) is 0 Å². The highest BCUT2D eigenvalue weighted by Crippen LogP contribution is 2.19. The van der Waals surface area contributed by atoms with Gasteiger partial charge < -0.3 is 14.8 Å². The Hall–Kier alpha value is -2.82. The zero-order valence-corrected chi connectivity index (χ0v) is 13.2. The highest BCUT2D eigenvalue weighted by atomic mass is 16.5. The number of methoxy groups -OCH3 is 1. The van der Waals surface area contributed by atoms with E-state index in [1.165, 1.54) is 7.11 Å². The number of nitrogens with one attached hydrogen (secondary N) is 1. The van der Waals surface area contributed by atoms with Gasteiger partial charge in [0.25, 0.3) is 5.91 Å². The minimum Gasteiger partial charge on any atom is -0.494 e. The predicted molar refractivity (Wildman–Crippen MR) is 88.0 cm³/mol. The maximum absolute atomic E-state index is 12.4. The quantitative estimate of drug-likeness (QED) is 0.829. The molecule has 0 aliphatic heterocycles. The van der Waals surface area contributed by atoms with Crippen molar-refractivity contribution in [3.63, 3.8) is 0 Å². The van der Waals surface area contributed by atoms with Gasteiger partial charge in [-0.15, -0.1) is 0 Å². The van der Waals surface area contributed by atoms with Crippen molar-refractivity contribution in [3.05, 3.63) is 59.7 Å². The smallest absolute Gasteiger partial charge is 0.339 e. The fourth-order valence-electron chi connectivity index (χ4n) is 2.02. The summed E-state index contributed by atoms with van der Waals surface area (Å²) in [6, 6.07) is 13.6. The molecule has 0 aliphatic carbocycles. The number of ether oxygens (including phenoxy) is 2. The van der Waals surface area contributed by atoms with Gasteiger partial charge in [0.05, 0.1) is 25.0 Å². The molecule has 2 rings (SSSR count). The summed E-state index contributed by atoms with van der Waals surface area (Å²) in [6.45, 7) is 2.61. The normalized spacial score (nSPS) is 10.0. The van der Waals surface area contributed by atoms with E-state index < -0.39 is 5.97 Å². The van der Waals surface area contributed by atoms with Crippen molar-refractivity contribution in [1.29, 1.82) is 0 Å². The number of carbonyl (C=O) groups excluding carboxylic acids is 2. The fraction of sp³-hybridized carbons (Fsp3) is 0.222. The molecule has 1 amide bonds. The monoisotopic (exact) mass is 313 g/mol. The topological polar surface area (TPSA) is 64.6 Å². The summed E-state index contributed by atoms with van der Waals surface area (Å²) >= 11 is 0. The molecule has 0 spiro atoms. The molecule has 5 heteroatoms. The summed E-state index contributed by atoms with van der Waals surface area (Å²) in [7, 11) is 1.30. The van der Waals surface area contributed by atoms with E-state index in [1.54, 1.807) is 48.5 Å². The van der Waals surface area contributed by atoms with Crippen LogP contribution >= 0.6 is 0 Å². The van der Waals surface area contributed by atoms with E-state index in [2.05, 4.69) is 5.32 Å². The van der Waals surface area contributed by atoms with Gasteiger partial charge in [-0.1, -0.05) is 25.1 Å². The molecular weight excluding hydrogens is 294 g/mol. The van der Waals surface area contributed by atoms with Gasteiger partial charge >= 0.3 is 5.97 Å². The summed E-state index contributed by atoms with van der Waals surface area (Å²) in [5, 5.41) is 2.73. The molecule has 120 valence electrons. The number of anilines is 1. The van der Waals surface area contributed by atoms with E-state index in [4.69, 9.17) is 9.47 Å². The molecule has 0 aliphatic rings. The SMILES string of the molecule is CCCOc1cccc(C(=O)Nc2ccccc2C(=O)OC)c1. The van der Waals surface area contributed by atoms with Crippen LogP contribution in [0.2, 0.25) is 0 Å². The van der Waals surface area contributed by atoms with Gasteiger partial charge in [0, 0.05) is 5.56 Å². The Bertz CT molecular complexity index is 697. The third-order valence-corrected chi connectivity index (χ3v) is 3.15. The lowest BCUT2D eigenvalue weighted by Gasteiger charge is -2.10. The van der Waals surface area contributed by atoms with Gasteiger partial charge in [-0.25, -0.2) is 4.79 Å². The number of carbonyl (C=O) groups is 2. The first-order valence-corrected chi connectivity index (χ1v) is 7.37. The number of rotatable bonds is 6. The summed E-state index contributed by atoms with van der Waals surface area (Å²) in [6.07, 6.45) is 0.892. The molecule has 0 saturated carbocycles. The molecule has 2 aromatic carbocycles. The van der Waals surface area contributed by atoms with Crippen molar-refractivity contribution < 1.29 is 19.1 Å². The van der Waals surface area contributed by atoms with Crippen LogP contribution in [0.1, 0.15) is 34.1 Å². The average molecular weight is 313 g/mol. The molecule has 0 bridgehead atoms. The van der Waals surface area contributed by atoms with E-state index >= 15 is 0 Å². The highest BCUT2D eigenvalue weighted by molar-refractivity contribution is 6.08. The van der Waals surface area contributed by atoms with E-state index in [-0.39, 0.29) is 5.91 Å². The standard InChI is InChI=1S/C18H19NO4/c1-3-11-23-14-8-6-7-13(12-14)17(20)19-16-10-5-4-9-15(16)18(21)22-2/h4-10,12H,3,11H2,1-2H3,(H,19,20). The Morgan fingerprint density at radius 1 is 1.09 bits per heavy atom. The van der Waals surface area contributed by atoms with Crippen LogP contribution in [-0.2, 0) is 4.74 Å². The lowest BCUT2D eigenvalue weighted by atomic mass is 10.1. The number of para-hydroxylation sites is 1. The van der Waals surface area contributed by atoms with Gasteiger partial charge in [-0.2, -0.15) is 0 Å². The van der Waals surface area contributed by atoms with E-state index in [1.807, 2.05) is 6.92 Å². The summed E-state index contributed by atoms with van der Waals surface area (Å²) in [5.41, 5.74) is 1.17. The van der Waals surface area contributed by atoms with Crippen molar-refractivity contribution in [1.82, 2.24) is 0 Å². The second-order valence-corrected chi connectivity index (χ2v) is 4.87. The van der Waals surface area contributed by atoms with Crippen LogP contribution < -0.4 is 10.1 Å². The van der Waals surface area contributed by atoms with Crippen LogP contribution in [0, 0.1) is 0 Å². The molecule has 0 unspecified atom stereocenters. The number of hydrogen-bond donors (Lipinski definition) is 1. The largest absolute Gasteiger partial charge is 0.494 e. The maximum Gasteiger partial charge on any atom is 0.339 e. The second-order valence-electron chi connectivity index (χ2n) is 4.87. The molecule has 0 aromatic heterocycles. The Kier molecular flexibility index (Phi) is 5.74. The van der Waals surface area contributed by atoms with Crippen LogP contribution in [0.5, 0.6) is 5.75 Å². The van der Waals surface area contributed by atoms with E-state index in [0.29, 0.717) is 29.2 Å². The maximum atomic E-state index is 12.4. The molecule has 2 aromatic rings. The zero-order valence-electron chi connectivity index (χ0n) is 13.2. The lowest BCUT2D eigenvalue weighted by molar-refractivity contribution is 0.0602. The van der Waals surface area contributed by atoms with Crippen LogP contribution in [0.15, 0.2) is 48.5 Å². The Labute approximate surface area is 135 Å². The summed E-state index contributed by atoms with van der Waals surface area (Å²) in [5.74, 6) is -0.176. The first-order valence-electron chi connectivity index (χ1n) is 7.37. The zero-order chi connectivity index (χ0) is 16.7. The molecule has 0 fully saturated rings. The molecule has 0 heterocycles. The Balaban J connectivity index is 2.18. The average Bonchev–Trinajstić information content (AvgIpc) is 2.60. The third-order valence-electron chi connectivity index (χ3n) is 3.15. The Morgan fingerprint density at radius 2 is 1.87 bits per heavy atom. The fourth-order valence-corrected chi connectivity index (χ4v) is 2.02. The van der Waals surface area contributed by atoms with Crippen molar-refractivity contribution >= 4 is 17.6 Å².